The molecule has 0 aromatic heterocycles. The minimum Gasteiger partial charge on any atom is -0.486 e. The summed E-state index contributed by atoms with van der Waals surface area (Å²) in [5, 5.41) is 0. The molecule has 2 rings (SSSR count). The van der Waals surface area contributed by atoms with Crippen molar-refractivity contribution < 1.29 is 4.74 Å². The number of rotatable bonds is 3. The Morgan fingerprint density at radius 3 is 3.23 bits per heavy atom. The van der Waals surface area contributed by atoms with Crippen LogP contribution in [0.25, 0.3) is 0 Å². The molecule has 1 heteroatoms. The highest BCUT2D eigenvalue weighted by atomic mass is 16.5. The van der Waals surface area contributed by atoms with Crippen LogP contribution in [0.3, 0.4) is 0 Å². The van der Waals surface area contributed by atoms with Gasteiger partial charge in [0, 0.05) is 5.57 Å². The summed E-state index contributed by atoms with van der Waals surface area (Å²) < 4.78 is 5.78. The van der Waals surface area contributed by atoms with Gasteiger partial charge < -0.3 is 4.74 Å². The van der Waals surface area contributed by atoms with Crippen LogP contribution in [0.1, 0.15) is 32.6 Å². The monoisotopic (exact) mass is 176 g/mol. The fourth-order valence-corrected chi connectivity index (χ4v) is 1.77. The predicted molar refractivity (Wildman–Crippen MR) is 54.3 cm³/mol. The van der Waals surface area contributed by atoms with Crippen LogP contribution in [0, 0.1) is 0 Å². The van der Waals surface area contributed by atoms with Gasteiger partial charge in [-0.1, -0.05) is 25.5 Å². The van der Waals surface area contributed by atoms with Crippen molar-refractivity contribution in [2.45, 2.75) is 38.7 Å². The van der Waals surface area contributed by atoms with E-state index in [1.165, 1.54) is 18.4 Å². The second-order valence-electron chi connectivity index (χ2n) is 3.63. The molecule has 1 nitrogen and oxygen atoms in total. The Morgan fingerprint density at radius 2 is 2.46 bits per heavy atom. The smallest absolute Gasteiger partial charge is 0.123 e. The fraction of sp³-hybridized carbons (Fsp3) is 0.500. The van der Waals surface area contributed by atoms with Crippen molar-refractivity contribution in [3.63, 3.8) is 0 Å². The number of allylic oxidation sites excluding steroid dienone is 3. The second-order valence-corrected chi connectivity index (χ2v) is 3.63. The van der Waals surface area contributed by atoms with Crippen LogP contribution >= 0.6 is 0 Å². The molecular formula is C12H16O. The summed E-state index contributed by atoms with van der Waals surface area (Å²) in [6.07, 6.45) is 13.8. The van der Waals surface area contributed by atoms with Crippen LogP contribution in [-0.2, 0) is 4.74 Å². The van der Waals surface area contributed by atoms with Crippen molar-refractivity contribution in [1.82, 2.24) is 0 Å². The third-order valence-corrected chi connectivity index (χ3v) is 2.51. The Hall–Kier alpha value is -0.980. The lowest BCUT2D eigenvalue weighted by Gasteiger charge is -2.10. The summed E-state index contributed by atoms with van der Waals surface area (Å²) in [4.78, 5) is 0. The van der Waals surface area contributed by atoms with Gasteiger partial charge in [-0.15, -0.1) is 0 Å². The molecule has 0 fully saturated rings. The van der Waals surface area contributed by atoms with Gasteiger partial charge in [-0.25, -0.2) is 0 Å². The number of hydrogen-bond donors (Lipinski definition) is 0. The zero-order valence-electron chi connectivity index (χ0n) is 8.12. The van der Waals surface area contributed by atoms with Gasteiger partial charge in [0.25, 0.3) is 0 Å². The van der Waals surface area contributed by atoms with Crippen LogP contribution in [0.4, 0.5) is 0 Å². The van der Waals surface area contributed by atoms with E-state index >= 15 is 0 Å². The Bertz CT molecular complexity index is 271. The summed E-state index contributed by atoms with van der Waals surface area (Å²) in [7, 11) is 0. The summed E-state index contributed by atoms with van der Waals surface area (Å²) in [5.74, 6) is 1.10. The number of fused-ring (bicyclic) bond motifs is 1. The fourth-order valence-electron chi connectivity index (χ4n) is 1.77. The molecule has 0 amide bonds. The van der Waals surface area contributed by atoms with E-state index in [9.17, 15) is 0 Å². The first kappa shape index (κ1) is 8.61. The molecule has 0 saturated carbocycles. The molecule has 0 N–H and O–H groups in total. The van der Waals surface area contributed by atoms with Gasteiger partial charge >= 0.3 is 0 Å². The maximum absolute atomic E-state index is 5.78. The maximum atomic E-state index is 5.78. The molecule has 0 bridgehead atoms. The van der Waals surface area contributed by atoms with E-state index in [4.69, 9.17) is 4.74 Å². The minimum absolute atomic E-state index is 0.337. The molecule has 1 aliphatic heterocycles. The van der Waals surface area contributed by atoms with E-state index in [2.05, 4.69) is 31.2 Å². The second kappa shape index (κ2) is 3.82. The molecule has 1 heterocycles. The largest absolute Gasteiger partial charge is 0.486 e. The zero-order valence-corrected chi connectivity index (χ0v) is 8.12. The molecule has 0 saturated heterocycles. The molecule has 0 aromatic carbocycles. The van der Waals surface area contributed by atoms with E-state index in [0.717, 1.165) is 18.6 Å². The molecule has 1 aliphatic carbocycles. The average Bonchev–Trinajstić information content (AvgIpc) is 2.57. The summed E-state index contributed by atoms with van der Waals surface area (Å²) in [5.41, 5.74) is 1.28. The molecular weight excluding hydrogens is 160 g/mol. The maximum Gasteiger partial charge on any atom is 0.123 e. The van der Waals surface area contributed by atoms with Crippen molar-refractivity contribution in [3.8, 4) is 0 Å². The topological polar surface area (TPSA) is 9.23 Å². The first-order valence-electron chi connectivity index (χ1n) is 5.15. The van der Waals surface area contributed by atoms with Crippen molar-refractivity contribution in [1.29, 1.82) is 0 Å². The van der Waals surface area contributed by atoms with Crippen LogP contribution < -0.4 is 0 Å². The van der Waals surface area contributed by atoms with Gasteiger partial charge in [-0.3, -0.25) is 0 Å². The Kier molecular flexibility index (Phi) is 2.53. The van der Waals surface area contributed by atoms with Gasteiger partial charge in [0.2, 0.25) is 0 Å². The van der Waals surface area contributed by atoms with Crippen LogP contribution in [0.15, 0.2) is 35.6 Å². The van der Waals surface area contributed by atoms with Crippen molar-refractivity contribution in [2.75, 3.05) is 0 Å². The number of unbranched alkanes of at least 4 members (excludes halogenated alkanes) is 1. The van der Waals surface area contributed by atoms with Crippen molar-refractivity contribution in [3.05, 3.63) is 35.6 Å². The van der Waals surface area contributed by atoms with Gasteiger partial charge in [-0.05, 0) is 31.4 Å². The molecule has 0 spiro atoms. The first-order valence-corrected chi connectivity index (χ1v) is 5.15. The SMILES string of the molecule is CCCCC1C=C2C=CCC=C2O1. The quantitative estimate of drug-likeness (QED) is 0.640. The molecule has 70 valence electrons. The standard InChI is InChI=1S/C12H16O/c1-2-3-7-11-9-10-6-4-5-8-12(10)13-11/h4,6,8-9,11H,2-3,5,7H2,1H3. The minimum atomic E-state index is 0.337. The molecule has 1 unspecified atom stereocenters. The summed E-state index contributed by atoms with van der Waals surface area (Å²) in [6.45, 7) is 2.22. The van der Waals surface area contributed by atoms with Crippen LogP contribution in [-0.4, -0.2) is 6.10 Å². The molecule has 0 radical (unpaired) electrons. The lowest BCUT2D eigenvalue weighted by molar-refractivity contribution is 0.168. The highest BCUT2D eigenvalue weighted by Crippen LogP contribution is 2.29. The van der Waals surface area contributed by atoms with Crippen molar-refractivity contribution >= 4 is 0 Å². The van der Waals surface area contributed by atoms with E-state index in [-0.39, 0.29) is 0 Å². The highest BCUT2D eigenvalue weighted by molar-refractivity contribution is 5.43. The normalized spacial score (nSPS) is 24.8. The van der Waals surface area contributed by atoms with Crippen LogP contribution in [0.5, 0.6) is 0 Å². The zero-order chi connectivity index (χ0) is 9.10. The molecule has 2 aliphatic rings. The Morgan fingerprint density at radius 1 is 1.54 bits per heavy atom. The number of hydrogen-bond acceptors (Lipinski definition) is 1. The molecule has 13 heavy (non-hydrogen) atoms. The van der Waals surface area contributed by atoms with E-state index in [1.807, 2.05) is 0 Å². The van der Waals surface area contributed by atoms with Gasteiger partial charge in [0.15, 0.2) is 0 Å². The lowest BCUT2D eigenvalue weighted by atomic mass is 10.1. The Balaban J connectivity index is 1.98. The lowest BCUT2D eigenvalue weighted by Crippen LogP contribution is -2.02. The van der Waals surface area contributed by atoms with Gasteiger partial charge in [-0.2, -0.15) is 0 Å². The Labute approximate surface area is 79.8 Å². The summed E-state index contributed by atoms with van der Waals surface area (Å²) in [6, 6.07) is 0. The predicted octanol–water partition coefficient (Wildman–Crippen LogP) is 3.35. The van der Waals surface area contributed by atoms with Gasteiger partial charge in [0.1, 0.15) is 11.9 Å². The van der Waals surface area contributed by atoms with E-state index in [0.29, 0.717) is 6.10 Å². The molecule has 1 atom stereocenters. The third-order valence-electron chi connectivity index (χ3n) is 2.51. The van der Waals surface area contributed by atoms with Gasteiger partial charge in [0.05, 0.1) is 0 Å². The first-order chi connectivity index (χ1) is 6.40. The molecule has 0 aromatic rings. The van der Waals surface area contributed by atoms with Crippen molar-refractivity contribution in [2.24, 2.45) is 0 Å². The van der Waals surface area contributed by atoms with E-state index in [1.54, 1.807) is 0 Å². The van der Waals surface area contributed by atoms with E-state index < -0.39 is 0 Å². The highest BCUT2D eigenvalue weighted by Gasteiger charge is 2.20. The average molecular weight is 176 g/mol. The third kappa shape index (κ3) is 1.85. The summed E-state index contributed by atoms with van der Waals surface area (Å²) >= 11 is 0. The van der Waals surface area contributed by atoms with Crippen LogP contribution in [0.2, 0.25) is 0 Å². The number of ether oxygens (including phenoxy) is 1.